The molecule has 0 radical (unpaired) electrons. The molecule has 14 heavy (non-hydrogen) atoms. The summed E-state index contributed by atoms with van der Waals surface area (Å²) >= 11 is 5.86. The molecule has 1 aliphatic heterocycles. The monoisotopic (exact) mass is 219 g/mol. The fourth-order valence-corrected chi connectivity index (χ4v) is 2.31. The SMILES string of the molecule is CC(C)CN1CC(CCl)OC(C)(C)C1. The van der Waals surface area contributed by atoms with Crippen LogP contribution in [0.5, 0.6) is 0 Å². The summed E-state index contributed by atoms with van der Waals surface area (Å²) in [5.74, 6) is 1.30. The molecule has 1 fully saturated rings. The minimum absolute atomic E-state index is 0.0489. The van der Waals surface area contributed by atoms with Crippen LogP contribution < -0.4 is 0 Å². The van der Waals surface area contributed by atoms with E-state index in [0.29, 0.717) is 11.8 Å². The lowest BCUT2D eigenvalue weighted by Crippen LogP contribution is -2.54. The maximum absolute atomic E-state index is 5.86. The third kappa shape index (κ3) is 3.76. The number of nitrogens with zero attached hydrogens (tertiary/aromatic N) is 1. The average molecular weight is 220 g/mol. The zero-order valence-electron chi connectivity index (χ0n) is 9.72. The second-order valence-corrected chi connectivity index (χ2v) is 5.55. The molecule has 1 saturated heterocycles. The number of halogens is 1. The lowest BCUT2D eigenvalue weighted by Gasteiger charge is -2.42. The summed E-state index contributed by atoms with van der Waals surface area (Å²) in [6, 6.07) is 0. The van der Waals surface area contributed by atoms with Gasteiger partial charge in [-0.25, -0.2) is 0 Å². The standard InChI is InChI=1S/C11H22ClNO/c1-9(2)6-13-7-10(5-12)14-11(3,4)8-13/h9-10H,5-8H2,1-4H3. The average Bonchev–Trinajstić information content (AvgIpc) is 1.99. The van der Waals surface area contributed by atoms with E-state index in [9.17, 15) is 0 Å². The van der Waals surface area contributed by atoms with Crippen LogP contribution in [-0.2, 0) is 4.74 Å². The number of rotatable bonds is 3. The van der Waals surface area contributed by atoms with E-state index in [1.807, 2.05) is 0 Å². The molecule has 0 N–H and O–H groups in total. The van der Waals surface area contributed by atoms with E-state index in [0.717, 1.165) is 19.6 Å². The number of hydrogen-bond donors (Lipinski definition) is 0. The Bertz CT molecular complexity index is 182. The van der Waals surface area contributed by atoms with Gasteiger partial charge in [0.05, 0.1) is 11.7 Å². The number of ether oxygens (including phenoxy) is 1. The smallest absolute Gasteiger partial charge is 0.0844 e. The summed E-state index contributed by atoms with van der Waals surface area (Å²) in [6.07, 6.45) is 0.194. The van der Waals surface area contributed by atoms with Gasteiger partial charge in [0.25, 0.3) is 0 Å². The Kier molecular flexibility index (Phi) is 4.23. The molecule has 1 unspecified atom stereocenters. The maximum Gasteiger partial charge on any atom is 0.0844 e. The van der Waals surface area contributed by atoms with Gasteiger partial charge in [-0.2, -0.15) is 0 Å². The van der Waals surface area contributed by atoms with E-state index in [1.54, 1.807) is 0 Å². The Morgan fingerprint density at radius 3 is 2.64 bits per heavy atom. The first-order valence-corrected chi connectivity index (χ1v) is 5.92. The van der Waals surface area contributed by atoms with E-state index in [4.69, 9.17) is 16.3 Å². The zero-order chi connectivity index (χ0) is 10.8. The molecule has 0 aromatic rings. The first kappa shape index (κ1) is 12.3. The first-order chi connectivity index (χ1) is 6.43. The second-order valence-electron chi connectivity index (χ2n) is 5.24. The summed E-state index contributed by atoms with van der Waals surface area (Å²) in [4.78, 5) is 2.46. The molecule has 0 aromatic carbocycles. The number of hydrogen-bond acceptors (Lipinski definition) is 2. The van der Waals surface area contributed by atoms with Crippen LogP contribution in [0.1, 0.15) is 27.7 Å². The fourth-order valence-electron chi connectivity index (χ4n) is 2.15. The van der Waals surface area contributed by atoms with Gasteiger partial charge >= 0.3 is 0 Å². The molecule has 3 heteroatoms. The third-order valence-electron chi connectivity index (χ3n) is 2.35. The molecule has 0 saturated carbocycles. The minimum atomic E-state index is -0.0489. The largest absolute Gasteiger partial charge is 0.368 e. The number of alkyl halides is 1. The van der Waals surface area contributed by atoms with Crippen LogP contribution in [-0.4, -0.2) is 42.1 Å². The van der Waals surface area contributed by atoms with Gasteiger partial charge in [0.1, 0.15) is 0 Å². The molecule has 0 aromatic heterocycles. The van der Waals surface area contributed by atoms with Gasteiger partial charge in [-0.05, 0) is 19.8 Å². The van der Waals surface area contributed by atoms with Crippen LogP contribution in [0, 0.1) is 5.92 Å². The van der Waals surface area contributed by atoms with E-state index in [1.165, 1.54) is 0 Å². The molecule has 0 bridgehead atoms. The second kappa shape index (κ2) is 4.82. The molecule has 2 nitrogen and oxygen atoms in total. The lowest BCUT2D eigenvalue weighted by atomic mass is 10.0. The van der Waals surface area contributed by atoms with Gasteiger partial charge in [-0.3, -0.25) is 4.90 Å². The van der Waals surface area contributed by atoms with Gasteiger partial charge in [0.2, 0.25) is 0 Å². The van der Waals surface area contributed by atoms with Crippen molar-refractivity contribution in [2.45, 2.75) is 39.4 Å². The Morgan fingerprint density at radius 2 is 2.14 bits per heavy atom. The summed E-state index contributed by atoms with van der Waals surface area (Å²) < 4.78 is 5.86. The predicted octanol–water partition coefficient (Wildman–Crippen LogP) is 2.36. The van der Waals surface area contributed by atoms with E-state index in [-0.39, 0.29) is 11.7 Å². The molecule has 0 aliphatic carbocycles. The van der Waals surface area contributed by atoms with Crippen molar-refractivity contribution in [2.75, 3.05) is 25.5 Å². The first-order valence-electron chi connectivity index (χ1n) is 5.39. The fraction of sp³-hybridized carbons (Fsp3) is 1.00. The molecular formula is C11H22ClNO. The van der Waals surface area contributed by atoms with Crippen molar-refractivity contribution in [3.63, 3.8) is 0 Å². The van der Waals surface area contributed by atoms with Crippen molar-refractivity contribution in [3.05, 3.63) is 0 Å². The quantitative estimate of drug-likeness (QED) is 0.676. The molecule has 1 aliphatic rings. The Morgan fingerprint density at radius 1 is 1.50 bits per heavy atom. The van der Waals surface area contributed by atoms with Crippen molar-refractivity contribution in [1.29, 1.82) is 0 Å². The molecule has 0 amide bonds. The molecule has 1 heterocycles. The van der Waals surface area contributed by atoms with Crippen molar-refractivity contribution in [3.8, 4) is 0 Å². The van der Waals surface area contributed by atoms with Crippen LogP contribution in [0.2, 0.25) is 0 Å². The maximum atomic E-state index is 5.86. The van der Waals surface area contributed by atoms with Gasteiger partial charge < -0.3 is 4.74 Å². The molecule has 84 valence electrons. The third-order valence-corrected chi connectivity index (χ3v) is 2.69. The highest BCUT2D eigenvalue weighted by atomic mass is 35.5. The summed E-state index contributed by atoms with van der Waals surface area (Å²) in [7, 11) is 0. The highest BCUT2D eigenvalue weighted by molar-refractivity contribution is 6.18. The van der Waals surface area contributed by atoms with Crippen LogP contribution in [0.3, 0.4) is 0 Å². The van der Waals surface area contributed by atoms with Crippen LogP contribution in [0.25, 0.3) is 0 Å². The van der Waals surface area contributed by atoms with Crippen molar-refractivity contribution in [1.82, 2.24) is 4.90 Å². The topological polar surface area (TPSA) is 12.5 Å². The van der Waals surface area contributed by atoms with Crippen LogP contribution in [0.4, 0.5) is 0 Å². The minimum Gasteiger partial charge on any atom is -0.368 e. The molecule has 1 rings (SSSR count). The summed E-state index contributed by atoms with van der Waals surface area (Å²) in [6.45, 7) is 11.9. The highest BCUT2D eigenvalue weighted by Crippen LogP contribution is 2.22. The van der Waals surface area contributed by atoms with Crippen molar-refractivity contribution < 1.29 is 4.74 Å². The van der Waals surface area contributed by atoms with E-state index in [2.05, 4.69) is 32.6 Å². The molecular weight excluding hydrogens is 198 g/mol. The van der Waals surface area contributed by atoms with Crippen LogP contribution >= 0.6 is 11.6 Å². The van der Waals surface area contributed by atoms with Gasteiger partial charge in [0, 0.05) is 25.5 Å². The van der Waals surface area contributed by atoms with E-state index < -0.39 is 0 Å². The van der Waals surface area contributed by atoms with Crippen molar-refractivity contribution in [2.24, 2.45) is 5.92 Å². The van der Waals surface area contributed by atoms with Gasteiger partial charge in [-0.15, -0.1) is 11.6 Å². The normalized spacial score (nSPS) is 28.3. The van der Waals surface area contributed by atoms with E-state index >= 15 is 0 Å². The Labute approximate surface area is 92.6 Å². The van der Waals surface area contributed by atoms with Crippen molar-refractivity contribution >= 4 is 11.6 Å². The number of morpholine rings is 1. The predicted molar refractivity (Wildman–Crippen MR) is 61.0 cm³/mol. The summed E-state index contributed by atoms with van der Waals surface area (Å²) in [5.41, 5.74) is -0.0489. The lowest BCUT2D eigenvalue weighted by molar-refractivity contribution is -0.129. The zero-order valence-corrected chi connectivity index (χ0v) is 10.5. The molecule has 1 atom stereocenters. The Hall–Kier alpha value is 0.210. The van der Waals surface area contributed by atoms with Crippen LogP contribution in [0.15, 0.2) is 0 Å². The highest BCUT2D eigenvalue weighted by Gasteiger charge is 2.32. The summed E-state index contributed by atoms with van der Waals surface area (Å²) in [5, 5.41) is 0. The Balaban J connectivity index is 2.52. The molecule has 0 spiro atoms. The van der Waals surface area contributed by atoms with Gasteiger partial charge in [0.15, 0.2) is 0 Å². The van der Waals surface area contributed by atoms with Gasteiger partial charge in [-0.1, -0.05) is 13.8 Å².